The monoisotopic (exact) mass is 312 g/mol. The Morgan fingerprint density at radius 2 is 1.77 bits per heavy atom. The number of ether oxygens (including phenoxy) is 2. The number of rotatable bonds is 6. The largest absolute Gasteiger partial charge is 0.444 e. The predicted octanol–water partition coefficient (Wildman–Crippen LogP) is 2.70. The predicted molar refractivity (Wildman–Crippen MR) is 86.9 cm³/mol. The van der Waals surface area contributed by atoms with Gasteiger partial charge >= 0.3 is 6.09 Å². The molecule has 1 aliphatic heterocycles. The summed E-state index contributed by atoms with van der Waals surface area (Å²) < 4.78 is 10.7. The Balaban J connectivity index is 1.78. The van der Waals surface area contributed by atoms with Crippen LogP contribution in [-0.4, -0.2) is 43.5 Å². The smallest absolute Gasteiger partial charge is 0.407 e. The maximum absolute atomic E-state index is 11.9. The van der Waals surface area contributed by atoms with Gasteiger partial charge in [-0.25, -0.2) is 4.79 Å². The van der Waals surface area contributed by atoms with Gasteiger partial charge in [0.25, 0.3) is 0 Å². The molecular formula is C17H32N2O3. The molecule has 5 nitrogen and oxygen atoms in total. The maximum Gasteiger partial charge on any atom is 0.407 e. The highest BCUT2D eigenvalue weighted by Crippen LogP contribution is 2.39. The third-order valence-electron chi connectivity index (χ3n) is 4.61. The van der Waals surface area contributed by atoms with E-state index in [1.165, 1.54) is 12.8 Å². The van der Waals surface area contributed by atoms with Crippen LogP contribution in [0.3, 0.4) is 0 Å². The van der Waals surface area contributed by atoms with Crippen molar-refractivity contribution in [3.63, 3.8) is 0 Å². The second-order valence-electron chi connectivity index (χ2n) is 7.98. The molecule has 1 saturated carbocycles. The van der Waals surface area contributed by atoms with Crippen molar-refractivity contribution in [2.75, 3.05) is 26.3 Å². The molecule has 2 fully saturated rings. The molecule has 2 rings (SSSR count). The molecule has 0 radical (unpaired) electrons. The molecule has 2 N–H and O–H groups in total. The Labute approximate surface area is 134 Å². The second kappa shape index (κ2) is 7.18. The van der Waals surface area contributed by atoms with Gasteiger partial charge in [-0.05, 0) is 71.8 Å². The SMILES string of the molecule is CC(C)(C)OC(=O)NCC(C)(NCC1CCOCC1)C1CC1. The Hall–Kier alpha value is -0.810. The van der Waals surface area contributed by atoms with Crippen molar-refractivity contribution >= 4 is 6.09 Å². The first-order valence-electron chi connectivity index (χ1n) is 8.58. The van der Waals surface area contributed by atoms with Gasteiger partial charge in [-0.1, -0.05) is 0 Å². The number of hydrogen-bond acceptors (Lipinski definition) is 4. The van der Waals surface area contributed by atoms with Gasteiger partial charge in [-0.15, -0.1) is 0 Å². The Morgan fingerprint density at radius 1 is 1.14 bits per heavy atom. The number of alkyl carbamates (subject to hydrolysis) is 1. The summed E-state index contributed by atoms with van der Waals surface area (Å²) in [5, 5.41) is 6.66. The zero-order valence-electron chi connectivity index (χ0n) is 14.5. The van der Waals surface area contributed by atoms with Crippen LogP contribution in [0.25, 0.3) is 0 Å². The van der Waals surface area contributed by atoms with Crippen LogP contribution in [0.1, 0.15) is 53.4 Å². The summed E-state index contributed by atoms with van der Waals surface area (Å²) in [4.78, 5) is 11.9. The summed E-state index contributed by atoms with van der Waals surface area (Å²) in [6.45, 7) is 11.3. The van der Waals surface area contributed by atoms with Crippen LogP contribution >= 0.6 is 0 Å². The number of hydrogen-bond donors (Lipinski definition) is 2. The summed E-state index contributed by atoms with van der Waals surface area (Å²) in [5.74, 6) is 1.34. The van der Waals surface area contributed by atoms with Gasteiger partial charge < -0.3 is 20.1 Å². The van der Waals surface area contributed by atoms with Crippen molar-refractivity contribution in [1.82, 2.24) is 10.6 Å². The van der Waals surface area contributed by atoms with Crippen molar-refractivity contribution in [1.29, 1.82) is 0 Å². The Morgan fingerprint density at radius 3 is 2.32 bits per heavy atom. The van der Waals surface area contributed by atoms with Crippen LogP contribution in [0.15, 0.2) is 0 Å². The van der Waals surface area contributed by atoms with Gasteiger partial charge in [0.2, 0.25) is 0 Å². The Bertz CT molecular complexity index is 371. The van der Waals surface area contributed by atoms with E-state index in [-0.39, 0.29) is 11.6 Å². The molecule has 1 amide bonds. The van der Waals surface area contributed by atoms with Crippen LogP contribution < -0.4 is 10.6 Å². The van der Waals surface area contributed by atoms with Gasteiger partial charge in [0, 0.05) is 25.3 Å². The minimum atomic E-state index is -0.449. The maximum atomic E-state index is 11.9. The van der Waals surface area contributed by atoms with E-state index in [9.17, 15) is 4.79 Å². The third kappa shape index (κ3) is 5.76. The van der Waals surface area contributed by atoms with Gasteiger partial charge in [0.05, 0.1) is 0 Å². The topological polar surface area (TPSA) is 59.6 Å². The zero-order valence-corrected chi connectivity index (χ0v) is 14.5. The van der Waals surface area contributed by atoms with Crippen LogP contribution in [0, 0.1) is 11.8 Å². The number of nitrogens with one attached hydrogen (secondary N) is 2. The lowest BCUT2D eigenvalue weighted by atomic mass is 9.93. The lowest BCUT2D eigenvalue weighted by molar-refractivity contribution is 0.0497. The molecule has 1 heterocycles. The molecular weight excluding hydrogens is 280 g/mol. The van der Waals surface area contributed by atoms with E-state index in [2.05, 4.69) is 17.6 Å². The molecule has 0 aromatic carbocycles. The number of amides is 1. The lowest BCUT2D eigenvalue weighted by Crippen LogP contribution is -2.55. The molecule has 1 unspecified atom stereocenters. The molecule has 0 spiro atoms. The highest BCUT2D eigenvalue weighted by Gasteiger charge is 2.41. The third-order valence-corrected chi connectivity index (χ3v) is 4.61. The molecule has 1 aliphatic carbocycles. The molecule has 0 aromatic rings. The summed E-state index contributed by atoms with van der Waals surface area (Å²) in [7, 11) is 0. The Kier molecular flexibility index (Phi) is 5.72. The zero-order chi connectivity index (χ0) is 16.2. The first-order valence-corrected chi connectivity index (χ1v) is 8.58. The first kappa shape index (κ1) is 17.5. The van der Waals surface area contributed by atoms with Gasteiger partial charge in [-0.2, -0.15) is 0 Å². The van der Waals surface area contributed by atoms with Crippen LogP contribution in [0.4, 0.5) is 4.79 Å². The van der Waals surface area contributed by atoms with E-state index < -0.39 is 5.60 Å². The molecule has 0 aromatic heterocycles. The highest BCUT2D eigenvalue weighted by atomic mass is 16.6. The van der Waals surface area contributed by atoms with Crippen molar-refractivity contribution < 1.29 is 14.3 Å². The van der Waals surface area contributed by atoms with E-state index in [1.807, 2.05) is 20.8 Å². The standard InChI is InChI=1S/C17H32N2O3/c1-16(2,3)22-15(20)18-12-17(4,14-5-6-14)19-11-13-7-9-21-10-8-13/h13-14,19H,5-12H2,1-4H3,(H,18,20). The van der Waals surface area contributed by atoms with Crippen molar-refractivity contribution in [2.45, 2.75) is 64.5 Å². The number of carbonyl (C=O) groups excluding carboxylic acids is 1. The van der Waals surface area contributed by atoms with E-state index in [4.69, 9.17) is 9.47 Å². The van der Waals surface area contributed by atoms with Crippen molar-refractivity contribution in [3.8, 4) is 0 Å². The number of carbonyl (C=O) groups is 1. The van der Waals surface area contributed by atoms with Crippen molar-refractivity contribution in [3.05, 3.63) is 0 Å². The second-order valence-corrected chi connectivity index (χ2v) is 7.98. The van der Waals surface area contributed by atoms with E-state index in [0.29, 0.717) is 18.4 Å². The molecule has 22 heavy (non-hydrogen) atoms. The fraction of sp³-hybridized carbons (Fsp3) is 0.941. The van der Waals surface area contributed by atoms with E-state index in [1.54, 1.807) is 0 Å². The quantitative estimate of drug-likeness (QED) is 0.792. The van der Waals surface area contributed by atoms with Gasteiger partial charge in [0.1, 0.15) is 5.60 Å². The first-order chi connectivity index (χ1) is 10.3. The molecule has 1 atom stereocenters. The fourth-order valence-electron chi connectivity index (χ4n) is 2.97. The molecule has 128 valence electrons. The van der Waals surface area contributed by atoms with E-state index in [0.717, 1.165) is 32.6 Å². The van der Waals surface area contributed by atoms with Gasteiger partial charge in [0.15, 0.2) is 0 Å². The molecule has 2 aliphatic rings. The summed E-state index contributed by atoms with van der Waals surface area (Å²) in [5.41, 5.74) is -0.481. The van der Waals surface area contributed by atoms with Crippen LogP contribution in [0.5, 0.6) is 0 Å². The van der Waals surface area contributed by atoms with Gasteiger partial charge in [-0.3, -0.25) is 0 Å². The highest BCUT2D eigenvalue weighted by molar-refractivity contribution is 5.67. The minimum Gasteiger partial charge on any atom is -0.444 e. The molecule has 1 saturated heterocycles. The summed E-state index contributed by atoms with van der Waals surface area (Å²) in [6, 6.07) is 0. The van der Waals surface area contributed by atoms with Crippen LogP contribution in [0.2, 0.25) is 0 Å². The minimum absolute atomic E-state index is 0.0325. The average molecular weight is 312 g/mol. The lowest BCUT2D eigenvalue weighted by Gasteiger charge is -2.34. The summed E-state index contributed by atoms with van der Waals surface area (Å²) in [6.07, 6.45) is 4.42. The summed E-state index contributed by atoms with van der Waals surface area (Å²) >= 11 is 0. The van der Waals surface area contributed by atoms with E-state index >= 15 is 0 Å². The van der Waals surface area contributed by atoms with Crippen molar-refractivity contribution in [2.24, 2.45) is 11.8 Å². The average Bonchev–Trinajstić information content (AvgIpc) is 3.27. The molecule has 0 bridgehead atoms. The fourth-order valence-corrected chi connectivity index (χ4v) is 2.97. The van der Waals surface area contributed by atoms with Crippen LogP contribution in [-0.2, 0) is 9.47 Å². The normalized spacial score (nSPS) is 22.9. The molecule has 5 heteroatoms.